The Morgan fingerprint density at radius 3 is 1.17 bits per heavy atom. The van der Waals surface area contributed by atoms with Gasteiger partial charge in [-0.15, -0.1) is 0 Å². The second kappa shape index (κ2) is 7.56. The summed E-state index contributed by atoms with van der Waals surface area (Å²) in [6, 6.07) is 26.6. The normalized spacial score (nSPS) is 9.74. The summed E-state index contributed by atoms with van der Waals surface area (Å²) in [6.45, 7) is 0. The zero-order chi connectivity index (χ0) is 15.4. The standard InChI is InChI=1S/2C10H8O.H2S/c2*11-10-7-3-5-8-4-1-2-6-9(8)10;/h2*1-7,11H;1H2. The van der Waals surface area contributed by atoms with Gasteiger partial charge in [-0.3, -0.25) is 0 Å². The van der Waals surface area contributed by atoms with E-state index in [0.29, 0.717) is 11.5 Å². The summed E-state index contributed by atoms with van der Waals surface area (Å²) < 4.78 is 0. The predicted octanol–water partition coefficient (Wildman–Crippen LogP) is 5.20. The van der Waals surface area contributed by atoms with Gasteiger partial charge in [0.1, 0.15) is 11.5 Å². The molecule has 3 heteroatoms. The summed E-state index contributed by atoms with van der Waals surface area (Å²) in [5, 5.41) is 22.7. The summed E-state index contributed by atoms with van der Waals surface area (Å²) in [5.41, 5.74) is 0. The SMILES string of the molecule is Oc1cccc2ccccc12.Oc1cccc2ccccc12.S. The lowest BCUT2D eigenvalue weighted by Crippen LogP contribution is -1.70. The van der Waals surface area contributed by atoms with Gasteiger partial charge in [0.25, 0.3) is 0 Å². The molecule has 0 unspecified atom stereocenters. The lowest BCUT2D eigenvalue weighted by Gasteiger charge is -1.97. The van der Waals surface area contributed by atoms with Crippen LogP contribution in [0.1, 0.15) is 0 Å². The minimum atomic E-state index is 0. The van der Waals surface area contributed by atoms with Crippen molar-refractivity contribution in [3.8, 4) is 11.5 Å². The van der Waals surface area contributed by atoms with Crippen LogP contribution in [-0.2, 0) is 0 Å². The smallest absolute Gasteiger partial charge is 0.123 e. The Morgan fingerprint density at radius 1 is 0.435 bits per heavy atom. The molecule has 0 amide bonds. The maximum absolute atomic E-state index is 9.37. The largest absolute Gasteiger partial charge is 0.507 e. The molecule has 4 aromatic rings. The Labute approximate surface area is 142 Å². The molecule has 0 aliphatic carbocycles. The second-order valence-electron chi connectivity index (χ2n) is 5.00. The van der Waals surface area contributed by atoms with E-state index >= 15 is 0 Å². The molecule has 23 heavy (non-hydrogen) atoms. The molecule has 0 aliphatic rings. The predicted molar refractivity (Wildman–Crippen MR) is 102 cm³/mol. The van der Waals surface area contributed by atoms with Crippen LogP contribution in [0.5, 0.6) is 11.5 Å². The van der Waals surface area contributed by atoms with Gasteiger partial charge in [-0.05, 0) is 22.9 Å². The fraction of sp³-hybridized carbons (Fsp3) is 0. The minimum absolute atomic E-state index is 0. The molecule has 0 aromatic heterocycles. The molecule has 116 valence electrons. The maximum atomic E-state index is 9.37. The van der Waals surface area contributed by atoms with Crippen molar-refractivity contribution in [2.24, 2.45) is 0 Å². The van der Waals surface area contributed by atoms with Gasteiger partial charge >= 0.3 is 0 Å². The first-order valence-corrected chi connectivity index (χ1v) is 7.09. The van der Waals surface area contributed by atoms with E-state index in [4.69, 9.17) is 0 Å². The zero-order valence-corrected chi connectivity index (χ0v) is 13.5. The highest BCUT2D eigenvalue weighted by Gasteiger charge is 1.95. The first kappa shape index (κ1) is 16.7. The van der Waals surface area contributed by atoms with Crippen LogP contribution in [0.3, 0.4) is 0 Å². The average Bonchev–Trinajstić information content (AvgIpc) is 2.57. The van der Waals surface area contributed by atoms with E-state index in [1.165, 1.54) is 0 Å². The van der Waals surface area contributed by atoms with Gasteiger partial charge < -0.3 is 10.2 Å². The third kappa shape index (κ3) is 3.76. The van der Waals surface area contributed by atoms with E-state index in [9.17, 15) is 10.2 Å². The van der Waals surface area contributed by atoms with Crippen LogP contribution in [-0.4, -0.2) is 10.2 Å². The molecular weight excluding hydrogens is 304 g/mol. The molecule has 0 bridgehead atoms. The summed E-state index contributed by atoms with van der Waals surface area (Å²) in [6.07, 6.45) is 0. The molecular formula is C20H18O2S. The van der Waals surface area contributed by atoms with Gasteiger partial charge in [-0.25, -0.2) is 0 Å². The zero-order valence-electron chi connectivity index (χ0n) is 12.5. The fourth-order valence-electron chi connectivity index (χ4n) is 2.42. The quantitative estimate of drug-likeness (QED) is 0.467. The minimum Gasteiger partial charge on any atom is -0.507 e. The highest BCUT2D eigenvalue weighted by atomic mass is 32.1. The Bertz CT molecular complexity index is 831. The highest BCUT2D eigenvalue weighted by molar-refractivity contribution is 7.59. The Morgan fingerprint density at radius 2 is 0.783 bits per heavy atom. The Kier molecular flexibility index (Phi) is 5.50. The lowest BCUT2D eigenvalue weighted by molar-refractivity contribution is 0.481. The summed E-state index contributed by atoms with van der Waals surface area (Å²) in [4.78, 5) is 0. The van der Waals surface area contributed by atoms with E-state index in [2.05, 4.69) is 0 Å². The van der Waals surface area contributed by atoms with Crippen molar-refractivity contribution in [3.63, 3.8) is 0 Å². The van der Waals surface area contributed by atoms with Crippen molar-refractivity contribution in [1.82, 2.24) is 0 Å². The van der Waals surface area contributed by atoms with Gasteiger partial charge in [0, 0.05) is 10.8 Å². The molecule has 2 N–H and O–H groups in total. The first-order chi connectivity index (χ1) is 10.8. The fourth-order valence-corrected chi connectivity index (χ4v) is 2.42. The van der Waals surface area contributed by atoms with Crippen LogP contribution >= 0.6 is 13.5 Å². The number of fused-ring (bicyclic) bond motifs is 2. The number of phenolic OH excluding ortho intramolecular Hbond substituents is 2. The first-order valence-electron chi connectivity index (χ1n) is 7.09. The molecule has 4 rings (SSSR count). The van der Waals surface area contributed by atoms with Gasteiger partial charge in [0.15, 0.2) is 0 Å². The summed E-state index contributed by atoms with van der Waals surface area (Å²) in [7, 11) is 0. The van der Waals surface area contributed by atoms with Crippen LogP contribution in [0.2, 0.25) is 0 Å². The van der Waals surface area contributed by atoms with Crippen molar-refractivity contribution in [3.05, 3.63) is 84.9 Å². The Balaban J connectivity index is 0.000000160. The lowest BCUT2D eigenvalue weighted by atomic mass is 10.1. The van der Waals surface area contributed by atoms with Crippen molar-refractivity contribution < 1.29 is 10.2 Å². The number of rotatable bonds is 0. The van der Waals surface area contributed by atoms with E-state index in [-0.39, 0.29) is 13.5 Å². The van der Waals surface area contributed by atoms with Crippen LogP contribution in [0, 0.1) is 0 Å². The van der Waals surface area contributed by atoms with Gasteiger partial charge in [0.05, 0.1) is 0 Å². The van der Waals surface area contributed by atoms with E-state index in [0.717, 1.165) is 21.5 Å². The molecule has 0 radical (unpaired) electrons. The van der Waals surface area contributed by atoms with E-state index in [1.54, 1.807) is 12.1 Å². The van der Waals surface area contributed by atoms with Crippen molar-refractivity contribution in [2.75, 3.05) is 0 Å². The van der Waals surface area contributed by atoms with Crippen molar-refractivity contribution in [2.45, 2.75) is 0 Å². The molecule has 0 saturated carbocycles. The van der Waals surface area contributed by atoms with Crippen molar-refractivity contribution >= 4 is 35.0 Å². The van der Waals surface area contributed by atoms with Gasteiger partial charge in [-0.2, -0.15) is 13.5 Å². The number of phenols is 2. The summed E-state index contributed by atoms with van der Waals surface area (Å²) >= 11 is 0. The van der Waals surface area contributed by atoms with Crippen LogP contribution < -0.4 is 0 Å². The monoisotopic (exact) mass is 322 g/mol. The third-order valence-corrected chi connectivity index (χ3v) is 3.53. The highest BCUT2D eigenvalue weighted by Crippen LogP contribution is 2.23. The van der Waals surface area contributed by atoms with Crippen molar-refractivity contribution in [1.29, 1.82) is 0 Å². The van der Waals surface area contributed by atoms with Gasteiger partial charge in [0.2, 0.25) is 0 Å². The molecule has 0 saturated heterocycles. The molecule has 2 nitrogen and oxygen atoms in total. The number of aromatic hydroxyl groups is 2. The van der Waals surface area contributed by atoms with Crippen LogP contribution in [0.15, 0.2) is 84.9 Å². The number of hydrogen-bond acceptors (Lipinski definition) is 2. The number of hydrogen-bond donors (Lipinski definition) is 2. The summed E-state index contributed by atoms with van der Waals surface area (Å²) in [5.74, 6) is 0.700. The third-order valence-electron chi connectivity index (χ3n) is 3.53. The molecule has 0 aliphatic heterocycles. The van der Waals surface area contributed by atoms with Gasteiger partial charge in [-0.1, -0.05) is 72.8 Å². The molecule has 0 spiro atoms. The Hall–Kier alpha value is -2.65. The second-order valence-corrected chi connectivity index (χ2v) is 5.00. The van der Waals surface area contributed by atoms with E-state index < -0.39 is 0 Å². The van der Waals surface area contributed by atoms with Crippen LogP contribution in [0.25, 0.3) is 21.5 Å². The average molecular weight is 322 g/mol. The maximum Gasteiger partial charge on any atom is 0.123 e. The molecule has 0 fully saturated rings. The van der Waals surface area contributed by atoms with E-state index in [1.807, 2.05) is 72.8 Å². The topological polar surface area (TPSA) is 40.5 Å². The van der Waals surface area contributed by atoms with Crippen LogP contribution in [0.4, 0.5) is 0 Å². The molecule has 0 heterocycles. The number of benzene rings is 4. The molecule has 0 atom stereocenters. The molecule has 4 aromatic carbocycles.